The number of halogens is 2. The summed E-state index contributed by atoms with van der Waals surface area (Å²) in [4.78, 5) is 0. The smallest absolute Gasteiger partial charge is 0.276 e. The zero-order valence-electron chi connectivity index (χ0n) is 10.9. The Hall–Kier alpha value is -0.960. The van der Waals surface area contributed by atoms with E-state index in [4.69, 9.17) is 0 Å². The third-order valence-corrected chi connectivity index (χ3v) is 3.82. The van der Waals surface area contributed by atoms with Crippen LogP contribution in [0.4, 0.5) is 8.78 Å². The Bertz CT molecular complexity index is 393. The van der Waals surface area contributed by atoms with Crippen molar-refractivity contribution in [2.24, 2.45) is 11.8 Å². The largest absolute Gasteiger partial charge is 0.396 e. The van der Waals surface area contributed by atoms with Gasteiger partial charge >= 0.3 is 0 Å². The van der Waals surface area contributed by atoms with Crippen LogP contribution in [0.5, 0.6) is 0 Å². The highest BCUT2D eigenvalue weighted by Gasteiger charge is 2.47. The van der Waals surface area contributed by atoms with Crippen LogP contribution in [0.25, 0.3) is 0 Å². The summed E-state index contributed by atoms with van der Waals surface area (Å²) in [5.41, 5.74) is 1.04. The molecule has 1 fully saturated rings. The van der Waals surface area contributed by atoms with Crippen molar-refractivity contribution in [3.8, 4) is 0 Å². The molecule has 1 aromatic carbocycles. The average Bonchev–Trinajstić information content (AvgIpc) is 3.14. The van der Waals surface area contributed by atoms with Gasteiger partial charge in [0.1, 0.15) is 0 Å². The highest BCUT2D eigenvalue weighted by molar-refractivity contribution is 5.29. The van der Waals surface area contributed by atoms with Gasteiger partial charge in [-0.2, -0.15) is 0 Å². The van der Waals surface area contributed by atoms with Crippen LogP contribution < -0.4 is 0 Å². The monoisotopic (exact) mass is 254 g/mol. The van der Waals surface area contributed by atoms with Gasteiger partial charge in [0.15, 0.2) is 0 Å². The Kier molecular flexibility index (Phi) is 3.71. The Morgan fingerprint density at radius 3 is 2.17 bits per heavy atom. The molecule has 0 saturated heterocycles. The molecule has 0 radical (unpaired) electrons. The minimum Gasteiger partial charge on any atom is -0.396 e. The number of hydrogen-bond acceptors (Lipinski definition) is 1. The van der Waals surface area contributed by atoms with E-state index in [-0.39, 0.29) is 18.1 Å². The fraction of sp³-hybridized carbons (Fsp3) is 0.600. The van der Waals surface area contributed by atoms with Gasteiger partial charge in [0.25, 0.3) is 5.92 Å². The molecule has 0 aliphatic heterocycles. The van der Waals surface area contributed by atoms with Gasteiger partial charge in [-0.15, -0.1) is 0 Å². The summed E-state index contributed by atoms with van der Waals surface area (Å²) in [5.74, 6) is -2.84. The van der Waals surface area contributed by atoms with Gasteiger partial charge in [-0.3, -0.25) is 0 Å². The Balaban J connectivity index is 2.19. The summed E-state index contributed by atoms with van der Waals surface area (Å²) in [6.45, 7) is 4.09. The minimum absolute atomic E-state index is 0.0218. The maximum absolute atomic E-state index is 13.9. The zero-order chi connectivity index (χ0) is 13.3. The van der Waals surface area contributed by atoms with Crippen molar-refractivity contribution >= 4 is 0 Å². The summed E-state index contributed by atoms with van der Waals surface area (Å²) < 4.78 is 27.7. The van der Waals surface area contributed by atoms with Gasteiger partial charge < -0.3 is 5.11 Å². The molecule has 1 nitrogen and oxygen atoms in total. The first-order valence-corrected chi connectivity index (χ1v) is 6.56. The van der Waals surface area contributed by atoms with Crippen molar-refractivity contribution in [3.63, 3.8) is 0 Å². The highest BCUT2D eigenvalue weighted by Crippen LogP contribution is 2.49. The second-order valence-corrected chi connectivity index (χ2v) is 5.55. The molecular weight excluding hydrogens is 234 g/mol. The molecule has 100 valence electrons. The Morgan fingerprint density at radius 2 is 1.78 bits per heavy atom. The molecule has 1 aliphatic carbocycles. The summed E-state index contributed by atoms with van der Waals surface area (Å²) in [6.07, 6.45) is 1.25. The van der Waals surface area contributed by atoms with Crippen LogP contribution in [-0.4, -0.2) is 11.7 Å². The fourth-order valence-corrected chi connectivity index (χ4v) is 2.34. The van der Waals surface area contributed by atoms with Gasteiger partial charge in [0.05, 0.1) is 6.61 Å². The van der Waals surface area contributed by atoms with Gasteiger partial charge in [-0.25, -0.2) is 8.78 Å². The lowest BCUT2D eigenvalue weighted by molar-refractivity contribution is -0.0285. The van der Waals surface area contributed by atoms with Crippen LogP contribution >= 0.6 is 0 Å². The standard InChI is InChI=1S/C15H20F2O/c1-10(2)14(9-18)11-3-5-12(6-4-11)15(16,17)13-7-8-13/h3-6,10,13-14,18H,7-9H2,1-2H3. The number of hydrogen-bond donors (Lipinski definition) is 1. The van der Waals surface area contributed by atoms with Crippen molar-refractivity contribution in [3.05, 3.63) is 35.4 Å². The number of aliphatic hydroxyl groups excluding tert-OH is 1. The summed E-state index contributed by atoms with van der Waals surface area (Å²) in [7, 11) is 0. The highest BCUT2D eigenvalue weighted by atomic mass is 19.3. The SMILES string of the molecule is CC(C)C(CO)c1ccc(C(F)(F)C2CC2)cc1. The van der Waals surface area contributed by atoms with Crippen molar-refractivity contribution in [1.82, 2.24) is 0 Å². The van der Waals surface area contributed by atoms with Crippen LogP contribution in [0.3, 0.4) is 0 Å². The van der Waals surface area contributed by atoms with E-state index in [2.05, 4.69) is 0 Å². The third kappa shape index (κ3) is 2.56. The first-order chi connectivity index (χ1) is 8.46. The van der Waals surface area contributed by atoms with Gasteiger partial charge in [0.2, 0.25) is 0 Å². The maximum atomic E-state index is 13.9. The number of benzene rings is 1. The Labute approximate surface area is 107 Å². The quantitative estimate of drug-likeness (QED) is 0.844. The summed E-state index contributed by atoms with van der Waals surface area (Å²) in [5, 5.41) is 9.33. The molecule has 0 amide bonds. The van der Waals surface area contributed by atoms with E-state index in [1.165, 1.54) is 12.1 Å². The minimum atomic E-state index is -2.69. The number of rotatable bonds is 5. The normalized spacial score (nSPS) is 18.1. The van der Waals surface area contributed by atoms with Gasteiger partial charge in [-0.1, -0.05) is 38.1 Å². The molecule has 18 heavy (non-hydrogen) atoms. The van der Waals surface area contributed by atoms with E-state index in [0.29, 0.717) is 18.8 Å². The van der Waals surface area contributed by atoms with Crippen molar-refractivity contribution < 1.29 is 13.9 Å². The van der Waals surface area contributed by atoms with E-state index in [1.54, 1.807) is 12.1 Å². The molecular formula is C15H20F2O. The summed E-state index contributed by atoms with van der Waals surface area (Å²) >= 11 is 0. The van der Waals surface area contributed by atoms with Crippen LogP contribution in [-0.2, 0) is 5.92 Å². The molecule has 0 spiro atoms. The van der Waals surface area contributed by atoms with Crippen molar-refractivity contribution in [1.29, 1.82) is 0 Å². The van der Waals surface area contributed by atoms with E-state index in [0.717, 1.165) is 5.56 Å². The summed E-state index contributed by atoms with van der Waals surface area (Å²) in [6, 6.07) is 6.48. The molecule has 0 heterocycles. The molecule has 0 aromatic heterocycles. The molecule has 1 N–H and O–H groups in total. The number of aliphatic hydroxyl groups is 1. The lowest BCUT2D eigenvalue weighted by Gasteiger charge is -2.21. The van der Waals surface area contributed by atoms with Crippen LogP contribution in [0.1, 0.15) is 43.7 Å². The van der Waals surface area contributed by atoms with Crippen LogP contribution in [0.15, 0.2) is 24.3 Å². The molecule has 3 heteroatoms. The molecule has 2 rings (SSSR count). The molecule has 1 aromatic rings. The maximum Gasteiger partial charge on any atom is 0.276 e. The third-order valence-electron chi connectivity index (χ3n) is 3.82. The molecule has 1 saturated carbocycles. The topological polar surface area (TPSA) is 20.2 Å². The average molecular weight is 254 g/mol. The van der Waals surface area contributed by atoms with E-state index >= 15 is 0 Å². The predicted molar refractivity (Wildman–Crippen MR) is 67.7 cm³/mol. The van der Waals surface area contributed by atoms with Crippen LogP contribution in [0, 0.1) is 11.8 Å². The lowest BCUT2D eigenvalue weighted by Crippen LogP contribution is -2.16. The lowest BCUT2D eigenvalue weighted by atomic mass is 9.88. The number of alkyl halides is 2. The second-order valence-electron chi connectivity index (χ2n) is 5.55. The van der Waals surface area contributed by atoms with E-state index < -0.39 is 11.8 Å². The second kappa shape index (κ2) is 4.96. The molecule has 1 aliphatic rings. The first kappa shape index (κ1) is 13.5. The van der Waals surface area contributed by atoms with Gasteiger partial charge in [0, 0.05) is 17.4 Å². The van der Waals surface area contributed by atoms with Crippen molar-refractivity contribution in [2.45, 2.75) is 38.5 Å². The predicted octanol–water partition coefficient (Wildman–Crippen LogP) is 3.92. The van der Waals surface area contributed by atoms with Crippen LogP contribution in [0.2, 0.25) is 0 Å². The fourth-order valence-electron chi connectivity index (χ4n) is 2.34. The zero-order valence-corrected chi connectivity index (χ0v) is 10.9. The van der Waals surface area contributed by atoms with Gasteiger partial charge in [-0.05, 0) is 24.3 Å². The molecule has 1 atom stereocenters. The van der Waals surface area contributed by atoms with E-state index in [1.807, 2.05) is 13.8 Å². The van der Waals surface area contributed by atoms with E-state index in [9.17, 15) is 13.9 Å². The first-order valence-electron chi connectivity index (χ1n) is 6.56. The Morgan fingerprint density at radius 1 is 1.22 bits per heavy atom. The molecule has 0 bridgehead atoms. The molecule has 1 unspecified atom stereocenters. The van der Waals surface area contributed by atoms with Crippen molar-refractivity contribution in [2.75, 3.05) is 6.61 Å².